The lowest BCUT2D eigenvalue weighted by Gasteiger charge is -2.09. The van der Waals surface area contributed by atoms with Crippen LogP contribution in [0.3, 0.4) is 0 Å². The van der Waals surface area contributed by atoms with E-state index in [1.165, 1.54) is 0 Å². The van der Waals surface area contributed by atoms with Gasteiger partial charge >= 0.3 is 5.69 Å². The van der Waals surface area contributed by atoms with Crippen molar-refractivity contribution in [2.24, 2.45) is 0 Å². The number of aliphatic hydroxyl groups is 1. The van der Waals surface area contributed by atoms with Crippen LogP contribution < -0.4 is 16.4 Å². The van der Waals surface area contributed by atoms with Crippen molar-refractivity contribution < 1.29 is 14.8 Å². The molecular weight excluding hydrogens is 268 g/mol. The van der Waals surface area contributed by atoms with Crippen LogP contribution in [-0.4, -0.2) is 53.4 Å². The molecule has 0 atom stereocenters. The summed E-state index contributed by atoms with van der Waals surface area (Å²) in [6.45, 7) is 1.06. The Balaban J connectivity index is 2.87. The van der Waals surface area contributed by atoms with Crippen LogP contribution in [0.15, 0.2) is 0 Å². The topological polar surface area (TPSA) is 148 Å². The summed E-state index contributed by atoms with van der Waals surface area (Å²) in [6, 6.07) is 0. The summed E-state index contributed by atoms with van der Waals surface area (Å²) in [5, 5.41) is 25.2. The van der Waals surface area contributed by atoms with Crippen molar-refractivity contribution in [1.82, 2.24) is 9.97 Å². The Morgan fingerprint density at radius 2 is 2.15 bits per heavy atom. The van der Waals surface area contributed by atoms with Gasteiger partial charge in [-0.25, -0.2) is 0 Å². The highest BCUT2D eigenvalue weighted by atomic mass is 16.6. The van der Waals surface area contributed by atoms with E-state index < -0.39 is 10.6 Å². The zero-order valence-corrected chi connectivity index (χ0v) is 11.1. The first-order chi connectivity index (χ1) is 9.60. The van der Waals surface area contributed by atoms with Crippen LogP contribution in [0.25, 0.3) is 0 Å². The third-order valence-corrected chi connectivity index (χ3v) is 2.31. The Hall–Kier alpha value is -2.20. The number of methoxy groups -OCH3 is 1. The highest BCUT2D eigenvalue weighted by Gasteiger charge is 2.22. The van der Waals surface area contributed by atoms with Gasteiger partial charge in [-0.15, -0.1) is 0 Å². The second kappa shape index (κ2) is 8.07. The van der Waals surface area contributed by atoms with Gasteiger partial charge in [0.2, 0.25) is 17.6 Å². The molecule has 10 heteroatoms. The first-order valence-electron chi connectivity index (χ1n) is 5.99. The molecule has 5 N–H and O–H groups in total. The minimum atomic E-state index is -0.663. The minimum absolute atomic E-state index is 0.0224. The second-order valence-corrected chi connectivity index (χ2v) is 3.81. The molecule has 0 aromatic carbocycles. The van der Waals surface area contributed by atoms with E-state index in [-0.39, 0.29) is 30.7 Å². The number of aromatic nitrogens is 2. The van der Waals surface area contributed by atoms with Crippen LogP contribution in [0, 0.1) is 10.1 Å². The molecule has 0 radical (unpaired) electrons. The Bertz CT molecular complexity index is 456. The predicted octanol–water partition coefficient (Wildman–Crippen LogP) is -0.180. The summed E-state index contributed by atoms with van der Waals surface area (Å²) in [6.07, 6.45) is 0.732. The van der Waals surface area contributed by atoms with Gasteiger partial charge in [-0.2, -0.15) is 9.97 Å². The molecule has 0 aliphatic rings. The Morgan fingerprint density at radius 1 is 1.40 bits per heavy atom. The van der Waals surface area contributed by atoms with E-state index in [4.69, 9.17) is 15.6 Å². The average Bonchev–Trinajstić information content (AvgIpc) is 2.40. The van der Waals surface area contributed by atoms with Gasteiger partial charge in [-0.3, -0.25) is 10.1 Å². The molecule has 1 heterocycles. The van der Waals surface area contributed by atoms with Gasteiger partial charge in [0.15, 0.2) is 0 Å². The number of ether oxygens (including phenoxy) is 1. The summed E-state index contributed by atoms with van der Waals surface area (Å²) in [5.41, 5.74) is 5.16. The highest BCUT2D eigenvalue weighted by Crippen LogP contribution is 2.28. The van der Waals surface area contributed by atoms with E-state index >= 15 is 0 Å². The molecule has 10 nitrogen and oxygen atoms in total. The molecule has 0 unspecified atom stereocenters. The maximum Gasteiger partial charge on any atom is 0.353 e. The number of nitrogen functional groups attached to an aromatic ring is 1. The van der Waals surface area contributed by atoms with Crippen LogP contribution in [0.1, 0.15) is 6.42 Å². The van der Waals surface area contributed by atoms with Crippen molar-refractivity contribution in [3.63, 3.8) is 0 Å². The number of aliphatic hydroxyl groups excluding tert-OH is 1. The quantitative estimate of drug-likeness (QED) is 0.275. The van der Waals surface area contributed by atoms with Crippen molar-refractivity contribution >= 4 is 23.3 Å². The van der Waals surface area contributed by atoms with Crippen LogP contribution in [0.5, 0.6) is 0 Å². The zero-order chi connectivity index (χ0) is 15.0. The number of nitrogens with one attached hydrogen (secondary N) is 2. The standard InChI is InChI=1S/C10H18N6O4/c1-20-6-2-3-13-10-14-8(11)7(16(18)19)9(15-10)12-4-5-17/h17H,2-6H2,1H3,(H4,11,12,13,14,15). The number of hydrogen-bond acceptors (Lipinski definition) is 9. The van der Waals surface area contributed by atoms with Gasteiger partial charge < -0.3 is 26.2 Å². The number of rotatable bonds is 9. The van der Waals surface area contributed by atoms with Gasteiger partial charge in [0.05, 0.1) is 11.5 Å². The molecule has 1 rings (SSSR count). The molecule has 1 aromatic heterocycles. The number of hydrogen-bond donors (Lipinski definition) is 4. The predicted molar refractivity (Wildman–Crippen MR) is 73.7 cm³/mol. The number of anilines is 3. The third-order valence-electron chi connectivity index (χ3n) is 2.31. The maximum atomic E-state index is 10.9. The summed E-state index contributed by atoms with van der Waals surface area (Å²) in [4.78, 5) is 18.1. The lowest BCUT2D eigenvalue weighted by atomic mass is 10.4. The molecule has 0 fully saturated rings. The van der Waals surface area contributed by atoms with E-state index in [0.29, 0.717) is 13.2 Å². The van der Waals surface area contributed by atoms with E-state index in [1.54, 1.807) is 7.11 Å². The van der Waals surface area contributed by atoms with Gasteiger partial charge in [0, 0.05) is 26.8 Å². The Kier molecular flexibility index (Phi) is 6.40. The molecule has 0 aliphatic heterocycles. The van der Waals surface area contributed by atoms with E-state index in [2.05, 4.69) is 20.6 Å². The van der Waals surface area contributed by atoms with Crippen molar-refractivity contribution in [2.75, 3.05) is 49.8 Å². The van der Waals surface area contributed by atoms with Crippen LogP contribution in [0.4, 0.5) is 23.3 Å². The normalized spacial score (nSPS) is 10.3. The second-order valence-electron chi connectivity index (χ2n) is 3.81. The summed E-state index contributed by atoms with van der Waals surface area (Å²) in [5.74, 6) is -0.0740. The van der Waals surface area contributed by atoms with Crippen LogP contribution in [0.2, 0.25) is 0 Å². The van der Waals surface area contributed by atoms with Gasteiger partial charge in [0.1, 0.15) is 0 Å². The first-order valence-corrected chi connectivity index (χ1v) is 5.99. The van der Waals surface area contributed by atoms with Gasteiger partial charge in [-0.05, 0) is 6.42 Å². The zero-order valence-electron chi connectivity index (χ0n) is 11.1. The van der Waals surface area contributed by atoms with Gasteiger partial charge in [0.25, 0.3) is 0 Å². The van der Waals surface area contributed by atoms with Gasteiger partial charge in [-0.1, -0.05) is 0 Å². The van der Waals surface area contributed by atoms with Crippen molar-refractivity contribution in [3.05, 3.63) is 10.1 Å². The molecule has 0 spiro atoms. The molecule has 112 valence electrons. The Labute approximate surface area is 115 Å². The smallest absolute Gasteiger partial charge is 0.353 e. The SMILES string of the molecule is COCCCNc1nc(N)c([N+](=O)[O-])c(NCCO)n1. The van der Waals surface area contributed by atoms with Crippen molar-refractivity contribution in [3.8, 4) is 0 Å². The number of nitrogens with zero attached hydrogens (tertiary/aromatic N) is 3. The highest BCUT2D eigenvalue weighted by molar-refractivity contribution is 5.69. The molecular formula is C10H18N6O4. The molecule has 0 bridgehead atoms. The maximum absolute atomic E-state index is 10.9. The minimum Gasteiger partial charge on any atom is -0.395 e. The van der Waals surface area contributed by atoms with Crippen LogP contribution >= 0.6 is 0 Å². The molecule has 0 saturated heterocycles. The number of nitrogens with two attached hydrogens (primary N) is 1. The monoisotopic (exact) mass is 286 g/mol. The molecule has 20 heavy (non-hydrogen) atoms. The fraction of sp³-hybridized carbons (Fsp3) is 0.600. The third kappa shape index (κ3) is 4.48. The summed E-state index contributed by atoms with van der Waals surface area (Å²) in [7, 11) is 1.59. The average molecular weight is 286 g/mol. The van der Waals surface area contributed by atoms with Crippen LogP contribution in [-0.2, 0) is 4.74 Å². The van der Waals surface area contributed by atoms with E-state index in [9.17, 15) is 10.1 Å². The van der Waals surface area contributed by atoms with E-state index in [0.717, 1.165) is 6.42 Å². The lowest BCUT2D eigenvalue weighted by Crippen LogP contribution is -2.15. The molecule has 0 amide bonds. The van der Waals surface area contributed by atoms with E-state index in [1.807, 2.05) is 0 Å². The fourth-order valence-electron chi connectivity index (χ4n) is 1.45. The summed E-state index contributed by atoms with van der Waals surface area (Å²) >= 11 is 0. The molecule has 0 saturated carbocycles. The lowest BCUT2D eigenvalue weighted by molar-refractivity contribution is -0.383. The summed E-state index contributed by atoms with van der Waals surface area (Å²) < 4.78 is 4.90. The first kappa shape index (κ1) is 15.9. The molecule has 0 aliphatic carbocycles. The van der Waals surface area contributed by atoms with Crippen molar-refractivity contribution in [2.45, 2.75) is 6.42 Å². The fourth-order valence-corrected chi connectivity index (χ4v) is 1.45. The Morgan fingerprint density at radius 3 is 2.75 bits per heavy atom. The molecule has 1 aromatic rings. The van der Waals surface area contributed by atoms with Crippen molar-refractivity contribution in [1.29, 1.82) is 0 Å². The largest absolute Gasteiger partial charge is 0.395 e. The number of nitro groups is 1.